The van der Waals surface area contributed by atoms with E-state index < -0.39 is 58.1 Å². The van der Waals surface area contributed by atoms with Gasteiger partial charge < -0.3 is 29.2 Å². The molecule has 235 valence electrons. The van der Waals surface area contributed by atoms with Gasteiger partial charge in [-0.15, -0.1) is 0 Å². The molecule has 0 aliphatic heterocycles. The number of benzene rings is 2. The molecule has 0 unspecified atom stereocenters. The summed E-state index contributed by atoms with van der Waals surface area (Å²) in [5.74, 6) is -5.02. The van der Waals surface area contributed by atoms with Gasteiger partial charge in [0.25, 0.3) is 0 Å². The normalized spacial score (nSPS) is 11.1. The second-order valence-corrected chi connectivity index (χ2v) is 8.14. The van der Waals surface area contributed by atoms with E-state index in [1.807, 2.05) is 0 Å². The molecular formula is C30H32CuO12. The molecule has 1 radical (unpaired) electrons. The zero-order valence-corrected chi connectivity index (χ0v) is 25.3. The molecule has 0 aliphatic carbocycles. The molecule has 0 bridgehead atoms. The van der Waals surface area contributed by atoms with E-state index in [1.165, 1.54) is 62.8 Å². The van der Waals surface area contributed by atoms with E-state index in [2.05, 4.69) is 9.47 Å². The molecule has 2 rings (SSSR count). The predicted octanol–water partition coefficient (Wildman–Crippen LogP) is 3.79. The van der Waals surface area contributed by atoms with Crippen molar-refractivity contribution in [3.63, 3.8) is 0 Å². The summed E-state index contributed by atoms with van der Waals surface area (Å²) in [6, 6.07) is 11.3. The predicted molar refractivity (Wildman–Crippen MR) is 149 cm³/mol. The minimum Gasteiger partial charge on any atom is -0.506 e. The summed E-state index contributed by atoms with van der Waals surface area (Å²) in [5.41, 5.74) is 0.163. The number of hydrogen-bond acceptors (Lipinski definition) is 12. The zero-order valence-electron chi connectivity index (χ0n) is 24.3. The summed E-state index contributed by atoms with van der Waals surface area (Å²) in [7, 11) is 2.50. The first-order valence-electron chi connectivity index (χ1n) is 12.4. The van der Waals surface area contributed by atoms with Crippen molar-refractivity contribution >= 4 is 47.0 Å². The van der Waals surface area contributed by atoms with E-state index in [1.54, 1.807) is 13.8 Å². The van der Waals surface area contributed by atoms with Gasteiger partial charge in [0, 0.05) is 28.2 Å². The van der Waals surface area contributed by atoms with Gasteiger partial charge in [-0.25, -0.2) is 19.2 Å². The maximum absolute atomic E-state index is 11.7. The molecule has 0 saturated heterocycles. The van der Waals surface area contributed by atoms with Crippen molar-refractivity contribution in [2.75, 3.05) is 27.4 Å². The molecule has 0 atom stereocenters. The fourth-order valence-corrected chi connectivity index (χ4v) is 3.27. The molecule has 0 amide bonds. The summed E-state index contributed by atoms with van der Waals surface area (Å²) in [5, 5.41) is 20.2. The minimum absolute atomic E-state index is 0. The Balaban J connectivity index is 0.000000802. The molecule has 0 saturated carbocycles. The van der Waals surface area contributed by atoms with E-state index in [0.29, 0.717) is 0 Å². The van der Waals surface area contributed by atoms with Crippen molar-refractivity contribution in [2.24, 2.45) is 0 Å². The van der Waals surface area contributed by atoms with Crippen LogP contribution in [0.15, 0.2) is 59.7 Å². The number of aliphatic hydroxyl groups excluding tert-OH is 2. The Labute approximate surface area is 258 Å². The van der Waals surface area contributed by atoms with E-state index in [-0.39, 0.29) is 52.5 Å². The molecule has 0 heterocycles. The second kappa shape index (κ2) is 18.6. The maximum Gasteiger partial charge on any atom is 0.345 e. The number of aliphatic hydroxyl groups is 2. The van der Waals surface area contributed by atoms with Crippen LogP contribution in [-0.4, -0.2) is 73.1 Å². The Kier molecular flexibility index (Phi) is 16.6. The van der Waals surface area contributed by atoms with Crippen LogP contribution in [0.3, 0.4) is 0 Å². The van der Waals surface area contributed by atoms with Crippen LogP contribution < -0.4 is 0 Å². The smallest absolute Gasteiger partial charge is 0.345 e. The zero-order chi connectivity index (χ0) is 32.0. The topological polar surface area (TPSA) is 180 Å². The van der Waals surface area contributed by atoms with Crippen LogP contribution in [0.25, 0.3) is 11.5 Å². The summed E-state index contributed by atoms with van der Waals surface area (Å²) in [6.45, 7) is 5.68. The number of rotatable bonds is 10. The molecule has 13 heteroatoms. The molecular weight excluding hydrogens is 616 g/mol. The van der Waals surface area contributed by atoms with Crippen molar-refractivity contribution in [3.8, 4) is 0 Å². The summed E-state index contributed by atoms with van der Waals surface area (Å²) in [6.07, 6.45) is 0. The Morgan fingerprint density at radius 3 is 1.02 bits per heavy atom. The quantitative estimate of drug-likeness (QED) is 0.0726. The number of hydrogen-bond donors (Lipinski definition) is 2. The maximum atomic E-state index is 11.7. The first-order chi connectivity index (χ1) is 19.8. The Morgan fingerprint density at radius 1 is 0.558 bits per heavy atom. The number of carbonyl (C=O) groups excluding carboxylic acids is 6. The van der Waals surface area contributed by atoms with Gasteiger partial charge in [0.1, 0.15) is 22.7 Å². The molecule has 0 spiro atoms. The van der Waals surface area contributed by atoms with Gasteiger partial charge in [0.05, 0.1) is 38.6 Å². The van der Waals surface area contributed by atoms with Gasteiger partial charge in [0.15, 0.2) is 11.6 Å². The molecule has 43 heavy (non-hydrogen) atoms. The summed E-state index contributed by atoms with van der Waals surface area (Å²) >= 11 is 0. The molecule has 0 aliphatic rings. The van der Waals surface area contributed by atoms with Crippen molar-refractivity contribution in [2.45, 2.75) is 27.7 Å². The second-order valence-electron chi connectivity index (χ2n) is 8.14. The molecule has 0 fully saturated rings. The third-order valence-electron chi connectivity index (χ3n) is 5.30. The molecule has 2 aromatic rings. The number of ketones is 2. The Bertz CT molecular complexity index is 1280. The first kappa shape index (κ1) is 38.3. The first-order valence-corrected chi connectivity index (χ1v) is 12.4. The summed E-state index contributed by atoms with van der Waals surface area (Å²) < 4.78 is 18.6. The van der Waals surface area contributed by atoms with Gasteiger partial charge in [-0.2, -0.15) is 0 Å². The molecule has 0 aromatic heterocycles. The van der Waals surface area contributed by atoms with Crippen LogP contribution in [0.1, 0.15) is 59.5 Å². The van der Waals surface area contributed by atoms with E-state index in [9.17, 15) is 39.0 Å². The van der Waals surface area contributed by atoms with Crippen LogP contribution in [0.5, 0.6) is 0 Å². The number of Topliss-reactive ketones (excluding diaryl/α,β-unsaturated/α-hetero) is 2. The van der Waals surface area contributed by atoms with Crippen molar-refractivity contribution in [1.82, 2.24) is 0 Å². The monoisotopic (exact) mass is 647 g/mol. The number of methoxy groups -OCH3 is 2. The van der Waals surface area contributed by atoms with Gasteiger partial charge in [0.2, 0.25) is 0 Å². The fraction of sp³-hybridized carbons (Fsp3) is 0.267. The Morgan fingerprint density at radius 2 is 0.814 bits per heavy atom. The van der Waals surface area contributed by atoms with Crippen LogP contribution >= 0.6 is 0 Å². The van der Waals surface area contributed by atoms with Crippen molar-refractivity contribution < 1.29 is 75.0 Å². The standard InChI is InChI=1S/2C15H16O6.Cu/c2*1-4-21-15(19)12(9(2)16)13(17)10-5-7-11(8-6-10)14(18)20-3;/h2*5-8,17H,4H2,1-3H3;/b2*13-12-;. The number of ether oxygens (including phenoxy) is 4. The third kappa shape index (κ3) is 10.9. The average Bonchev–Trinajstić information content (AvgIpc) is 2.96. The van der Waals surface area contributed by atoms with Crippen LogP contribution in [0.2, 0.25) is 0 Å². The molecule has 2 aromatic carbocycles. The van der Waals surface area contributed by atoms with E-state index >= 15 is 0 Å². The Hall–Kier alpha value is -4.74. The average molecular weight is 648 g/mol. The summed E-state index contributed by atoms with van der Waals surface area (Å²) in [4.78, 5) is 69.0. The van der Waals surface area contributed by atoms with Crippen LogP contribution in [-0.2, 0) is 55.2 Å². The number of esters is 4. The van der Waals surface area contributed by atoms with Gasteiger partial charge >= 0.3 is 23.9 Å². The number of carbonyl (C=O) groups is 6. The largest absolute Gasteiger partial charge is 0.506 e. The van der Waals surface area contributed by atoms with Gasteiger partial charge in [-0.1, -0.05) is 24.3 Å². The SMILES string of the molecule is CCOC(=O)/C(C(C)=O)=C(\O)c1ccc(C(=O)OC)cc1.CCOC(=O)/C(C(C)=O)=C(\O)c1ccc(C(=O)OC)cc1.[Cu]. The third-order valence-corrected chi connectivity index (χ3v) is 5.30. The van der Waals surface area contributed by atoms with E-state index in [0.717, 1.165) is 13.8 Å². The minimum atomic E-state index is -0.889. The van der Waals surface area contributed by atoms with Crippen molar-refractivity contribution in [1.29, 1.82) is 0 Å². The van der Waals surface area contributed by atoms with Crippen LogP contribution in [0.4, 0.5) is 0 Å². The van der Waals surface area contributed by atoms with Crippen molar-refractivity contribution in [3.05, 3.63) is 81.9 Å². The van der Waals surface area contributed by atoms with Gasteiger partial charge in [-0.3, -0.25) is 9.59 Å². The fourth-order valence-electron chi connectivity index (χ4n) is 3.27. The molecule has 12 nitrogen and oxygen atoms in total. The van der Waals surface area contributed by atoms with Gasteiger partial charge in [-0.05, 0) is 52.0 Å². The molecule has 2 N–H and O–H groups in total. The van der Waals surface area contributed by atoms with E-state index in [4.69, 9.17) is 9.47 Å². The van der Waals surface area contributed by atoms with Crippen LogP contribution in [0, 0.1) is 0 Å².